The number of amides is 1. The highest BCUT2D eigenvalue weighted by molar-refractivity contribution is 7.89. The molecule has 1 atom stereocenters. The predicted octanol–water partition coefficient (Wildman–Crippen LogP) is 3.29. The quantitative estimate of drug-likeness (QED) is 0.609. The molecular weight excluding hydrogens is 376 g/mol. The van der Waals surface area contributed by atoms with Crippen LogP contribution in [0.2, 0.25) is 0 Å². The third-order valence-electron chi connectivity index (χ3n) is 4.38. The zero-order chi connectivity index (χ0) is 20.0. The van der Waals surface area contributed by atoms with Crippen molar-refractivity contribution in [1.29, 1.82) is 0 Å². The van der Waals surface area contributed by atoms with Crippen molar-refractivity contribution < 1.29 is 17.6 Å². The Hall–Kier alpha value is -2.90. The topological polar surface area (TPSA) is 88.4 Å². The second-order valence-corrected chi connectivity index (χ2v) is 8.22. The van der Waals surface area contributed by atoms with Gasteiger partial charge in [-0.25, -0.2) is 13.1 Å². The zero-order valence-corrected chi connectivity index (χ0v) is 16.3. The van der Waals surface area contributed by atoms with Gasteiger partial charge in [-0.2, -0.15) is 0 Å². The molecule has 0 fully saturated rings. The maximum absolute atomic E-state index is 12.3. The lowest BCUT2D eigenvalue weighted by molar-refractivity contribution is 0.0951. The van der Waals surface area contributed by atoms with Crippen LogP contribution in [0.3, 0.4) is 0 Å². The summed E-state index contributed by atoms with van der Waals surface area (Å²) in [6, 6.07) is 19.1. The third-order valence-corrected chi connectivity index (χ3v) is 5.80. The number of nitrogens with one attached hydrogen (secondary N) is 2. The molecule has 0 radical (unpaired) electrons. The van der Waals surface area contributed by atoms with Gasteiger partial charge >= 0.3 is 0 Å². The Morgan fingerprint density at radius 1 is 1.00 bits per heavy atom. The molecular formula is C21H22N2O4S. The van der Waals surface area contributed by atoms with E-state index in [4.69, 9.17) is 4.42 Å². The van der Waals surface area contributed by atoms with Crippen LogP contribution in [0.1, 0.15) is 34.5 Å². The lowest BCUT2D eigenvalue weighted by atomic mass is 10.0. The number of furan rings is 1. The van der Waals surface area contributed by atoms with Crippen LogP contribution in [0.4, 0.5) is 0 Å². The normalized spacial score (nSPS) is 12.5. The van der Waals surface area contributed by atoms with E-state index >= 15 is 0 Å². The first-order valence-electron chi connectivity index (χ1n) is 8.91. The minimum atomic E-state index is -3.68. The standard InChI is InChI=1S/C21H22N2O4S/c1-16(17-6-3-2-4-7-17)14-22-21(24)18-9-11-20(12-10-18)28(25,26)23-15-19-8-5-13-27-19/h2-13,16,23H,14-15H2,1H3,(H,22,24). The highest BCUT2D eigenvalue weighted by atomic mass is 32.2. The molecule has 1 amide bonds. The van der Waals surface area contributed by atoms with Crippen molar-refractivity contribution in [3.8, 4) is 0 Å². The lowest BCUT2D eigenvalue weighted by Gasteiger charge is -2.13. The van der Waals surface area contributed by atoms with Crippen molar-refractivity contribution in [3.05, 3.63) is 89.9 Å². The van der Waals surface area contributed by atoms with Crippen LogP contribution in [0, 0.1) is 0 Å². The second kappa shape index (κ2) is 8.86. The molecule has 1 unspecified atom stereocenters. The first-order valence-corrected chi connectivity index (χ1v) is 10.4. The minimum Gasteiger partial charge on any atom is -0.468 e. The number of carbonyl (C=O) groups excluding carboxylic acids is 1. The van der Waals surface area contributed by atoms with Crippen molar-refractivity contribution in [2.24, 2.45) is 0 Å². The fraction of sp³-hybridized carbons (Fsp3) is 0.190. The molecule has 0 bridgehead atoms. The second-order valence-electron chi connectivity index (χ2n) is 6.45. The van der Waals surface area contributed by atoms with Gasteiger partial charge in [0.2, 0.25) is 10.0 Å². The molecule has 146 valence electrons. The monoisotopic (exact) mass is 398 g/mol. The fourth-order valence-electron chi connectivity index (χ4n) is 2.70. The van der Waals surface area contributed by atoms with E-state index in [0.29, 0.717) is 17.9 Å². The van der Waals surface area contributed by atoms with Gasteiger partial charge in [0.05, 0.1) is 17.7 Å². The number of rotatable bonds is 8. The molecule has 2 N–H and O–H groups in total. The van der Waals surface area contributed by atoms with E-state index in [1.54, 1.807) is 12.1 Å². The van der Waals surface area contributed by atoms with Gasteiger partial charge < -0.3 is 9.73 Å². The van der Waals surface area contributed by atoms with E-state index in [2.05, 4.69) is 10.0 Å². The Morgan fingerprint density at radius 2 is 1.71 bits per heavy atom. The lowest BCUT2D eigenvalue weighted by Crippen LogP contribution is -2.27. The summed E-state index contributed by atoms with van der Waals surface area (Å²) in [5.41, 5.74) is 1.55. The molecule has 3 aromatic rings. The van der Waals surface area contributed by atoms with Gasteiger partial charge in [0.1, 0.15) is 5.76 Å². The van der Waals surface area contributed by atoms with Crippen LogP contribution in [0.15, 0.2) is 82.3 Å². The Labute approximate surface area is 164 Å². The van der Waals surface area contributed by atoms with Crippen LogP contribution in [0.25, 0.3) is 0 Å². The summed E-state index contributed by atoms with van der Waals surface area (Å²) in [5.74, 6) is 0.456. The average molecular weight is 398 g/mol. The van der Waals surface area contributed by atoms with Crippen molar-refractivity contribution in [3.63, 3.8) is 0 Å². The number of carbonyl (C=O) groups is 1. The van der Waals surface area contributed by atoms with Gasteiger partial charge in [-0.1, -0.05) is 37.3 Å². The van der Waals surface area contributed by atoms with Crippen LogP contribution < -0.4 is 10.0 Å². The molecule has 0 saturated carbocycles. The van der Waals surface area contributed by atoms with Crippen molar-refractivity contribution in [1.82, 2.24) is 10.0 Å². The first kappa shape index (κ1) is 19.9. The van der Waals surface area contributed by atoms with Gasteiger partial charge in [-0.3, -0.25) is 4.79 Å². The number of hydrogen-bond acceptors (Lipinski definition) is 4. The van der Waals surface area contributed by atoms with Crippen molar-refractivity contribution >= 4 is 15.9 Å². The summed E-state index contributed by atoms with van der Waals surface area (Å²) in [6.45, 7) is 2.60. The molecule has 0 saturated heterocycles. The summed E-state index contributed by atoms with van der Waals surface area (Å²) in [5, 5.41) is 2.88. The molecule has 1 aromatic heterocycles. The Balaban J connectivity index is 1.57. The number of hydrogen-bond donors (Lipinski definition) is 2. The molecule has 0 spiro atoms. The van der Waals surface area contributed by atoms with E-state index in [9.17, 15) is 13.2 Å². The van der Waals surface area contributed by atoms with Crippen molar-refractivity contribution in [2.45, 2.75) is 24.3 Å². The van der Waals surface area contributed by atoms with E-state index in [1.807, 2.05) is 37.3 Å². The van der Waals surface area contributed by atoms with E-state index in [-0.39, 0.29) is 23.3 Å². The van der Waals surface area contributed by atoms with Crippen LogP contribution >= 0.6 is 0 Å². The number of benzene rings is 2. The molecule has 3 rings (SSSR count). The van der Waals surface area contributed by atoms with E-state index in [0.717, 1.165) is 5.56 Å². The SMILES string of the molecule is CC(CNC(=O)c1ccc(S(=O)(=O)NCc2ccco2)cc1)c1ccccc1. The summed E-state index contributed by atoms with van der Waals surface area (Å²) in [4.78, 5) is 12.4. The molecule has 0 aliphatic heterocycles. The van der Waals surface area contributed by atoms with Gasteiger partial charge in [0.15, 0.2) is 0 Å². The molecule has 1 heterocycles. The minimum absolute atomic E-state index is 0.0644. The van der Waals surface area contributed by atoms with Gasteiger partial charge in [0.25, 0.3) is 5.91 Å². The molecule has 28 heavy (non-hydrogen) atoms. The molecule has 6 nitrogen and oxygen atoms in total. The fourth-order valence-corrected chi connectivity index (χ4v) is 3.69. The smallest absolute Gasteiger partial charge is 0.251 e. The van der Waals surface area contributed by atoms with E-state index < -0.39 is 10.0 Å². The largest absolute Gasteiger partial charge is 0.468 e. The molecule has 0 aliphatic carbocycles. The molecule has 7 heteroatoms. The molecule has 2 aromatic carbocycles. The van der Waals surface area contributed by atoms with Gasteiger partial charge in [-0.15, -0.1) is 0 Å². The maximum atomic E-state index is 12.3. The molecule has 0 aliphatic rings. The van der Waals surface area contributed by atoms with Crippen LogP contribution in [0.5, 0.6) is 0 Å². The average Bonchev–Trinajstić information content (AvgIpc) is 3.25. The van der Waals surface area contributed by atoms with E-state index in [1.165, 1.54) is 30.5 Å². The van der Waals surface area contributed by atoms with Gasteiger partial charge in [0, 0.05) is 12.1 Å². The Bertz CT molecular complexity index is 998. The number of sulfonamides is 1. The van der Waals surface area contributed by atoms with Crippen LogP contribution in [-0.2, 0) is 16.6 Å². The summed E-state index contributed by atoms with van der Waals surface area (Å²) in [7, 11) is -3.68. The maximum Gasteiger partial charge on any atom is 0.251 e. The van der Waals surface area contributed by atoms with Crippen molar-refractivity contribution in [2.75, 3.05) is 6.54 Å². The van der Waals surface area contributed by atoms with Gasteiger partial charge in [-0.05, 0) is 47.9 Å². The van der Waals surface area contributed by atoms with Crippen LogP contribution in [-0.4, -0.2) is 20.9 Å². The highest BCUT2D eigenvalue weighted by Crippen LogP contribution is 2.14. The summed E-state index contributed by atoms with van der Waals surface area (Å²) >= 11 is 0. The Kier molecular flexibility index (Phi) is 6.28. The zero-order valence-electron chi connectivity index (χ0n) is 15.5. The predicted molar refractivity (Wildman–Crippen MR) is 106 cm³/mol. The summed E-state index contributed by atoms with van der Waals surface area (Å²) in [6.07, 6.45) is 1.48. The third kappa shape index (κ3) is 5.09. The highest BCUT2D eigenvalue weighted by Gasteiger charge is 2.16. The Morgan fingerprint density at radius 3 is 2.36 bits per heavy atom. The first-order chi connectivity index (χ1) is 13.5. The summed E-state index contributed by atoms with van der Waals surface area (Å²) < 4.78 is 32.2.